The molecule has 0 unspecified atom stereocenters. The van der Waals surface area contributed by atoms with Crippen molar-refractivity contribution in [3.63, 3.8) is 0 Å². The largest absolute Gasteiger partial charge is 0.249 e. The van der Waals surface area contributed by atoms with Crippen LogP contribution in [0.2, 0.25) is 10.3 Å². The summed E-state index contributed by atoms with van der Waals surface area (Å²) in [7, 11) is 0. The Bertz CT molecular complexity index is 865. The van der Waals surface area contributed by atoms with Gasteiger partial charge in [0.05, 0.1) is 10.7 Å². The van der Waals surface area contributed by atoms with Crippen LogP contribution in [0.15, 0.2) is 18.3 Å². The second-order valence-electron chi connectivity index (χ2n) is 4.25. The smallest absolute Gasteiger partial charge is 0.225 e. The highest BCUT2D eigenvalue weighted by Crippen LogP contribution is 2.31. The number of nitrogens with zero attached hydrogens (tertiary/aromatic N) is 4. The van der Waals surface area contributed by atoms with Crippen molar-refractivity contribution in [2.45, 2.75) is 6.92 Å². The molecule has 0 aliphatic carbocycles. The van der Waals surface area contributed by atoms with Crippen molar-refractivity contribution in [2.75, 3.05) is 0 Å². The molecular formula is C13H6Cl2F2N4. The molecule has 2 aromatic heterocycles. The second kappa shape index (κ2) is 5.13. The lowest BCUT2D eigenvalue weighted by Gasteiger charge is -2.07. The number of fused-ring (bicyclic) bond motifs is 1. The molecule has 0 bridgehead atoms. The number of benzene rings is 1. The van der Waals surface area contributed by atoms with Gasteiger partial charge in [-0.1, -0.05) is 11.6 Å². The predicted molar refractivity (Wildman–Crippen MR) is 75.2 cm³/mol. The van der Waals surface area contributed by atoms with Crippen LogP contribution >= 0.6 is 23.2 Å². The van der Waals surface area contributed by atoms with Gasteiger partial charge in [-0.05, 0) is 30.7 Å². The summed E-state index contributed by atoms with van der Waals surface area (Å²) in [6.45, 7) is 1.73. The molecule has 0 amide bonds. The lowest BCUT2D eigenvalue weighted by molar-refractivity contribution is 0.511. The van der Waals surface area contributed by atoms with Crippen molar-refractivity contribution < 1.29 is 8.78 Å². The van der Waals surface area contributed by atoms with Gasteiger partial charge in [-0.3, -0.25) is 0 Å². The van der Waals surface area contributed by atoms with Crippen molar-refractivity contribution in [3.8, 4) is 11.3 Å². The Hall–Kier alpha value is -1.92. The van der Waals surface area contributed by atoms with E-state index in [0.717, 1.165) is 0 Å². The molecule has 0 fully saturated rings. The molecule has 0 saturated carbocycles. The van der Waals surface area contributed by atoms with Crippen molar-refractivity contribution >= 4 is 34.4 Å². The van der Waals surface area contributed by atoms with Gasteiger partial charge in [-0.15, -0.1) is 0 Å². The molecule has 0 aliphatic heterocycles. The summed E-state index contributed by atoms with van der Waals surface area (Å²) in [4.78, 5) is 16.1. The zero-order valence-electron chi connectivity index (χ0n) is 10.5. The molecule has 0 saturated heterocycles. The fraction of sp³-hybridized carbons (Fsp3) is 0.0769. The first kappa shape index (κ1) is 14.0. The van der Waals surface area contributed by atoms with E-state index in [-0.39, 0.29) is 32.7 Å². The quantitative estimate of drug-likeness (QED) is 0.501. The van der Waals surface area contributed by atoms with Crippen molar-refractivity contribution in [3.05, 3.63) is 46.0 Å². The Morgan fingerprint density at radius 2 is 1.76 bits per heavy atom. The van der Waals surface area contributed by atoms with E-state index in [1.807, 2.05) is 0 Å². The fourth-order valence-corrected chi connectivity index (χ4v) is 2.17. The van der Waals surface area contributed by atoms with E-state index in [1.165, 1.54) is 18.3 Å². The number of rotatable bonds is 1. The molecule has 0 N–H and O–H groups in total. The summed E-state index contributed by atoms with van der Waals surface area (Å²) in [5.41, 5.74) is 1.01. The summed E-state index contributed by atoms with van der Waals surface area (Å²) in [5, 5.41) is -0.449. The van der Waals surface area contributed by atoms with E-state index in [4.69, 9.17) is 23.2 Å². The molecule has 0 aliphatic rings. The average molecular weight is 327 g/mol. The summed E-state index contributed by atoms with van der Waals surface area (Å²) in [6, 6.07) is 2.54. The van der Waals surface area contributed by atoms with Crippen molar-refractivity contribution in [1.82, 2.24) is 19.9 Å². The first-order valence-electron chi connectivity index (χ1n) is 5.78. The van der Waals surface area contributed by atoms with Crippen LogP contribution in [-0.4, -0.2) is 19.9 Å². The first-order valence-corrected chi connectivity index (χ1v) is 6.53. The zero-order valence-corrected chi connectivity index (χ0v) is 12.0. The third-order valence-electron chi connectivity index (χ3n) is 2.79. The van der Waals surface area contributed by atoms with Crippen LogP contribution in [0, 0.1) is 18.6 Å². The van der Waals surface area contributed by atoms with Gasteiger partial charge in [0.25, 0.3) is 0 Å². The molecular weight excluding hydrogens is 321 g/mol. The number of halogens is 4. The molecule has 0 atom stereocenters. The molecule has 2 heterocycles. The van der Waals surface area contributed by atoms with E-state index in [9.17, 15) is 8.78 Å². The highest BCUT2D eigenvalue weighted by molar-refractivity contribution is 6.31. The molecule has 0 radical (unpaired) electrons. The maximum absolute atomic E-state index is 14.1. The number of hydrogen-bond acceptors (Lipinski definition) is 4. The summed E-state index contributed by atoms with van der Waals surface area (Å²) < 4.78 is 27.7. The van der Waals surface area contributed by atoms with Crippen LogP contribution in [0.4, 0.5) is 8.78 Å². The third kappa shape index (κ3) is 2.41. The minimum Gasteiger partial charge on any atom is -0.249 e. The number of aromatic nitrogens is 4. The standard InChI is InChI=1S/C13H6Cl2F2N4/c1-5-4-18-11-10(20-13(15)21-12(11)19-5)6-2-3-7(14)9(17)8(6)16/h2-4H,1H3. The Morgan fingerprint density at radius 1 is 1.00 bits per heavy atom. The molecule has 106 valence electrons. The van der Waals surface area contributed by atoms with E-state index in [1.54, 1.807) is 6.92 Å². The average Bonchev–Trinajstić information content (AvgIpc) is 2.44. The van der Waals surface area contributed by atoms with Crippen LogP contribution in [0.25, 0.3) is 22.4 Å². The third-order valence-corrected chi connectivity index (χ3v) is 3.25. The lowest BCUT2D eigenvalue weighted by Crippen LogP contribution is -1.99. The van der Waals surface area contributed by atoms with Gasteiger partial charge in [0.1, 0.15) is 11.2 Å². The van der Waals surface area contributed by atoms with Crippen LogP contribution in [0.3, 0.4) is 0 Å². The molecule has 4 nitrogen and oxygen atoms in total. The first-order chi connectivity index (χ1) is 9.97. The molecule has 1 aromatic carbocycles. The van der Waals surface area contributed by atoms with Gasteiger partial charge in [0.15, 0.2) is 17.3 Å². The predicted octanol–water partition coefficient (Wildman–Crippen LogP) is 3.98. The van der Waals surface area contributed by atoms with Gasteiger partial charge >= 0.3 is 0 Å². The molecule has 0 spiro atoms. The molecule has 3 rings (SSSR count). The van der Waals surface area contributed by atoms with Crippen LogP contribution in [0.5, 0.6) is 0 Å². The monoisotopic (exact) mass is 326 g/mol. The Balaban J connectivity index is 2.37. The molecule has 21 heavy (non-hydrogen) atoms. The van der Waals surface area contributed by atoms with E-state index in [0.29, 0.717) is 5.69 Å². The van der Waals surface area contributed by atoms with Crippen molar-refractivity contribution in [2.24, 2.45) is 0 Å². The molecule has 8 heteroatoms. The SMILES string of the molecule is Cc1cnc2c(-c3ccc(Cl)c(F)c3F)nc(Cl)nc2n1. The van der Waals surface area contributed by atoms with Crippen molar-refractivity contribution in [1.29, 1.82) is 0 Å². The Morgan fingerprint density at radius 3 is 2.52 bits per heavy atom. The zero-order chi connectivity index (χ0) is 15.1. The Labute approximate surface area is 127 Å². The van der Waals surface area contributed by atoms with Gasteiger partial charge in [0, 0.05) is 11.8 Å². The molecule has 3 aromatic rings. The summed E-state index contributed by atoms with van der Waals surface area (Å²) in [5.74, 6) is -2.28. The highest BCUT2D eigenvalue weighted by atomic mass is 35.5. The van der Waals surface area contributed by atoms with Crippen LogP contribution in [0.1, 0.15) is 5.69 Å². The van der Waals surface area contributed by atoms with Crippen LogP contribution in [-0.2, 0) is 0 Å². The van der Waals surface area contributed by atoms with Gasteiger partial charge in [0.2, 0.25) is 5.28 Å². The van der Waals surface area contributed by atoms with Crippen LogP contribution < -0.4 is 0 Å². The minimum absolute atomic E-state index is 0.0607. The minimum atomic E-state index is -1.16. The number of hydrogen-bond donors (Lipinski definition) is 0. The van der Waals surface area contributed by atoms with Gasteiger partial charge in [-0.2, -0.15) is 4.98 Å². The second-order valence-corrected chi connectivity index (χ2v) is 4.99. The van der Waals surface area contributed by atoms with Gasteiger partial charge < -0.3 is 0 Å². The highest BCUT2D eigenvalue weighted by Gasteiger charge is 2.19. The maximum atomic E-state index is 14.1. The lowest BCUT2D eigenvalue weighted by atomic mass is 10.1. The fourth-order valence-electron chi connectivity index (χ4n) is 1.86. The van der Waals surface area contributed by atoms with Gasteiger partial charge in [-0.25, -0.2) is 23.7 Å². The van der Waals surface area contributed by atoms with E-state index >= 15 is 0 Å². The maximum Gasteiger partial charge on any atom is 0.225 e. The normalized spacial score (nSPS) is 11.1. The summed E-state index contributed by atoms with van der Waals surface area (Å²) >= 11 is 11.4. The van der Waals surface area contributed by atoms with E-state index < -0.39 is 11.6 Å². The summed E-state index contributed by atoms with van der Waals surface area (Å²) in [6.07, 6.45) is 1.48. The number of aryl methyl sites for hydroxylation is 1. The van der Waals surface area contributed by atoms with E-state index in [2.05, 4.69) is 19.9 Å². The topological polar surface area (TPSA) is 51.6 Å². The Kier molecular flexibility index (Phi) is 3.43.